The lowest BCUT2D eigenvalue weighted by molar-refractivity contribution is -0.0439. The van der Waals surface area contributed by atoms with E-state index in [-0.39, 0.29) is 0 Å². The highest BCUT2D eigenvalue weighted by molar-refractivity contribution is 7.97. The first kappa shape index (κ1) is 17.5. The number of aryl methyl sites for hydroxylation is 1. The molecule has 5 nitrogen and oxygen atoms in total. The Kier molecular flexibility index (Phi) is 4.81. The van der Waals surface area contributed by atoms with Crippen LogP contribution in [0.1, 0.15) is 26.3 Å². The van der Waals surface area contributed by atoms with Crippen LogP contribution in [-0.2, 0) is 6.42 Å². The summed E-state index contributed by atoms with van der Waals surface area (Å²) >= 11 is 1.32. The van der Waals surface area contributed by atoms with Gasteiger partial charge < -0.3 is 14.2 Å². The number of carbonyl (C=O) groups is 1. The Morgan fingerprint density at radius 3 is 2.72 bits per heavy atom. The molecule has 0 aromatic heterocycles. The van der Waals surface area contributed by atoms with Crippen LogP contribution in [0, 0.1) is 0 Å². The maximum Gasteiger partial charge on any atom is 0.425 e. The molecule has 3 rings (SSSR count). The van der Waals surface area contributed by atoms with Crippen molar-refractivity contribution in [1.82, 2.24) is 4.31 Å². The SMILES string of the molecule is CCc1cccc(SN(C)C(=O)Oc2cccc3c2OC(C)(C)O3)c1. The van der Waals surface area contributed by atoms with Crippen molar-refractivity contribution in [1.29, 1.82) is 0 Å². The molecule has 1 amide bonds. The number of rotatable bonds is 4. The molecule has 0 saturated carbocycles. The summed E-state index contributed by atoms with van der Waals surface area (Å²) in [6.45, 7) is 5.71. The van der Waals surface area contributed by atoms with Gasteiger partial charge in [-0.1, -0.05) is 25.1 Å². The van der Waals surface area contributed by atoms with Gasteiger partial charge in [-0.25, -0.2) is 9.10 Å². The molecule has 0 fully saturated rings. The number of hydrogen-bond donors (Lipinski definition) is 0. The summed E-state index contributed by atoms with van der Waals surface area (Å²) in [4.78, 5) is 13.4. The summed E-state index contributed by atoms with van der Waals surface area (Å²) < 4.78 is 18.4. The Hall–Kier alpha value is -2.34. The van der Waals surface area contributed by atoms with Crippen molar-refractivity contribution < 1.29 is 19.0 Å². The third-order valence-corrected chi connectivity index (χ3v) is 4.54. The first-order valence-electron chi connectivity index (χ1n) is 8.11. The molecule has 132 valence electrons. The zero-order valence-corrected chi connectivity index (χ0v) is 15.6. The molecule has 0 atom stereocenters. The zero-order chi connectivity index (χ0) is 18.0. The molecular formula is C19H21NO4S. The van der Waals surface area contributed by atoms with E-state index in [4.69, 9.17) is 14.2 Å². The number of carbonyl (C=O) groups excluding carboxylic acids is 1. The predicted molar refractivity (Wildman–Crippen MR) is 97.2 cm³/mol. The van der Waals surface area contributed by atoms with Crippen LogP contribution in [0.15, 0.2) is 47.4 Å². The fourth-order valence-corrected chi connectivity index (χ4v) is 3.24. The third kappa shape index (κ3) is 4.02. The lowest BCUT2D eigenvalue weighted by Gasteiger charge is -2.18. The average Bonchev–Trinajstić information content (AvgIpc) is 2.90. The van der Waals surface area contributed by atoms with Gasteiger partial charge in [0.05, 0.1) is 0 Å². The second-order valence-corrected chi connectivity index (χ2v) is 7.35. The Bertz CT molecular complexity index is 791. The molecule has 2 aromatic carbocycles. The average molecular weight is 359 g/mol. The summed E-state index contributed by atoms with van der Waals surface area (Å²) in [6, 6.07) is 13.3. The highest BCUT2D eigenvalue weighted by atomic mass is 32.2. The first-order valence-corrected chi connectivity index (χ1v) is 8.89. The van der Waals surface area contributed by atoms with Crippen molar-refractivity contribution in [2.45, 2.75) is 37.9 Å². The van der Waals surface area contributed by atoms with E-state index in [1.807, 2.05) is 12.1 Å². The third-order valence-electron chi connectivity index (χ3n) is 3.65. The largest absolute Gasteiger partial charge is 0.449 e. The Balaban J connectivity index is 1.70. The summed E-state index contributed by atoms with van der Waals surface area (Å²) in [6.07, 6.45) is 0.472. The van der Waals surface area contributed by atoms with Gasteiger partial charge in [0.15, 0.2) is 11.5 Å². The van der Waals surface area contributed by atoms with E-state index in [0.717, 1.165) is 11.3 Å². The molecule has 1 aliphatic heterocycles. The van der Waals surface area contributed by atoms with Crippen LogP contribution in [0.3, 0.4) is 0 Å². The molecule has 2 aromatic rings. The Labute approximate surface area is 152 Å². The van der Waals surface area contributed by atoms with Gasteiger partial charge in [0.25, 0.3) is 0 Å². The fraction of sp³-hybridized carbons (Fsp3) is 0.316. The van der Waals surface area contributed by atoms with Gasteiger partial charge in [-0.05, 0) is 48.2 Å². The van der Waals surface area contributed by atoms with Gasteiger partial charge in [-0.15, -0.1) is 0 Å². The fourth-order valence-electron chi connectivity index (χ4n) is 2.46. The van der Waals surface area contributed by atoms with Crippen molar-refractivity contribution in [3.8, 4) is 17.2 Å². The van der Waals surface area contributed by atoms with E-state index in [9.17, 15) is 4.79 Å². The van der Waals surface area contributed by atoms with Crippen LogP contribution < -0.4 is 14.2 Å². The van der Waals surface area contributed by atoms with Crippen molar-refractivity contribution in [2.24, 2.45) is 0 Å². The smallest absolute Gasteiger partial charge is 0.425 e. The highest BCUT2D eigenvalue weighted by Gasteiger charge is 2.34. The quantitative estimate of drug-likeness (QED) is 0.727. The zero-order valence-electron chi connectivity index (χ0n) is 14.7. The number of para-hydroxylation sites is 1. The van der Waals surface area contributed by atoms with Gasteiger partial charge in [-0.2, -0.15) is 0 Å². The van der Waals surface area contributed by atoms with Crippen LogP contribution in [0.25, 0.3) is 0 Å². The summed E-state index contributed by atoms with van der Waals surface area (Å²) in [5.74, 6) is 0.600. The van der Waals surface area contributed by atoms with Crippen LogP contribution >= 0.6 is 11.9 Å². The van der Waals surface area contributed by atoms with Gasteiger partial charge in [0.1, 0.15) is 0 Å². The van der Waals surface area contributed by atoms with Gasteiger partial charge in [-0.3, -0.25) is 0 Å². The monoisotopic (exact) mass is 359 g/mol. The lowest BCUT2D eigenvalue weighted by Crippen LogP contribution is -2.30. The number of fused-ring (bicyclic) bond motifs is 1. The summed E-state index contributed by atoms with van der Waals surface area (Å²) in [5.41, 5.74) is 1.22. The number of ether oxygens (including phenoxy) is 3. The van der Waals surface area contributed by atoms with E-state index >= 15 is 0 Å². The number of hydrogen-bond acceptors (Lipinski definition) is 5. The van der Waals surface area contributed by atoms with Gasteiger partial charge >= 0.3 is 6.09 Å². The van der Waals surface area contributed by atoms with E-state index in [2.05, 4.69) is 19.1 Å². The van der Waals surface area contributed by atoms with Crippen LogP contribution in [0.5, 0.6) is 17.2 Å². The second kappa shape index (κ2) is 6.88. The summed E-state index contributed by atoms with van der Waals surface area (Å²) in [5, 5.41) is 0. The topological polar surface area (TPSA) is 48.0 Å². The van der Waals surface area contributed by atoms with Crippen molar-refractivity contribution in [3.63, 3.8) is 0 Å². The minimum atomic E-state index is -0.772. The molecule has 0 N–H and O–H groups in total. The van der Waals surface area contributed by atoms with E-state index in [1.165, 1.54) is 21.8 Å². The molecule has 0 aliphatic carbocycles. The minimum absolute atomic E-state index is 0.350. The molecule has 1 aliphatic rings. The molecule has 6 heteroatoms. The van der Waals surface area contributed by atoms with Crippen molar-refractivity contribution in [2.75, 3.05) is 7.05 Å². The van der Waals surface area contributed by atoms with Crippen LogP contribution in [0.2, 0.25) is 0 Å². The molecule has 1 heterocycles. The first-order chi connectivity index (χ1) is 11.9. The van der Waals surface area contributed by atoms with Crippen LogP contribution in [-0.4, -0.2) is 23.2 Å². The number of amides is 1. The standard InChI is InChI=1S/C19H21NO4S/c1-5-13-8-6-9-14(12-13)25-20(4)18(21)22-15-10-7-11-16-17(15)24-19(2,3)23-16/h6-12H,5H2,1-4H3. The Morgan fingerprint density at radius 2 is 1.96 bits per heavy atom. The maximum absolute atomic E-state index is 12.4. The molecule has 0 radical (unpaired) electrons. The number of benzene rings is 2. The highest BCUT2D eigenvalue weighted by Crippen LogP contribution is 2.45. The lowest BCUT2D eigenvalue weighted by atomic mass is 10.2. The Morgan fingerprint density at radius 1 is 1.20 bits per heavy atom. The maximum atomic E-state index is 12.4. The minimum Gasteiger partial charge on any atom is -0.449 e. The summed E-state index contributed by atoms with van der Waals surface area (Å²) in [7, 11) is 1.68. The normalized spacial score (nSPS) is 14.2. The van der Waals surface area contributed by atoms with Gasteiger partial charge in [0, 0.05) is 25.8 Å². The van der Waals surface area contributed by atoms with E-state index in [0.29, 0.717) is 17.2 Å². The van der Waals surface area contributed by atoms with Crippen molar-refractivity contribution >= 4 is 18.0 Å². The molecule has 0 bridgehead atoms. The molecule has 0 unspecified atom stereocenters. The van der Waals surface area contributed by atoms with Crippen molar-refractivity contribution in [3.05, 3.63) is 48.0 Å². The molecular weight excluding hydrogens is 338 g/mol. The molecule has 0 saturated heterocycles. The number of nitrogens with zero attached hydrogens (tertiary/aromatic N) is 1. The van der Waals surface area contributed by atoms with E-state index in [1.54, 1.807) is 39.1 Å². The molecule has 0 spiro atoms. The predicted octanol–water partition coefficient (Wildman–Crippen LogP) is 4.89. The van der Waals surface area contributed by atoms with Crippen LogP contribution in [0.4, 0.5) is 4.79 Å². The van der Waals surface area contributed by atoms with Gasteiger partial charge in [0.2, 0.25) is 11.5 Å². The van der Waals surface area contributed by atoms with E-state index < -0.39 is 11.9 Å². The second-order valence-electron chi connectivity index (χ2n) is 6.15. The molecule has 25 heavy (non-hydrogen) atoms.